The van der Waals surface area contributed by atoms with Gasteiger partial charge < -0.3 is 10.6 Å². The summed E-state index contributed by atoms with van der Waals surface area (Å²) in [6, 6.07) is 14.2. The molecule has 2 aromatic carbocycles. The maximum absolute atomic E-state index is 6.35. The second-order valence-electron chi connectivity index (χ2n) is 6.01. The van der Waals surface area contributed by atoms with Crippen LogP contribution >= 0.6 is 11.6 Å². The van der Waals surface area contributed by atoms with Crippen LogP contribution in [0, 0.1) is 13.8 Å². The van der Waals surface area contributed by atoms with Crippen molar-refractivity contribution in [1.29, 1.82) is 0 Å². The minimum absolute atomic E-state index is 0.0722. The van der Waals surface area contributed by atoms with Crippen molar-refractivity contribution in [2.24, 2.45) is 0 Å². The summed E-state index contributed by atoms with van der Waals surface area (Å²) in [7, 11) is 0. The molecule has 0 bridgehead atoms. The largest absolute Gasteiger partial charge is 0.346 e. The molecule has 0 aliphatic heterocycles. The molecule has 0 spiro atoms. The van der Waals surface area contributed by atoms with Gasteiger partial charge in [-0.15, -0.1) is 5.10 Å². The van der Waals surface area contributed by atoms with Gasteiger partial charge in [-0.25, -0.2) is 0 Å². The fourth-order valence-corrected chi connectivity index (χ4v) is 3.01. The monoisotopic (exact) mass is 353 g/mol. The van der Waals surface area contributed by atoms with E-state index in [0.717, 1.165) is 22.4 Å². The molecule has 2 N–H and O–H groups in total. The first-order chi connectivity index (χ1) is 12.0. The van der Waals surface area contributed by atoms with E-state index >= 15 is 0 Å². The average molecular weight is 354 g/mol. The SMILES string of the molecule is Cc1cc(C)c(Nc2cnnc(NC(C)c3ccccc3)n2)c(Cl)c1. The molecule has 0 aliphatic carbocycles. The van der Waals surface area contributed by atoms with Crippen LogP contribution in [0.4, 0.5) is 17.5 Å². The molecule has 0 fully saturated rings. The highest BCUT2D eigenvalue weighted by Crippen LogP contribution is 2.29. The fraction of sp³-hybridized carbons (Fsp3) is 0.211. The molecule has 0 aliphatic rings. The van der Waals surface area contributed by atoms with E-state index in [1.54, 1.807) is 6.20 Å². The number of aryl methyl sites for hydroxylation is 2. The lowest BCUT2D eigenvalue weighted by atomic mass is 10.1. The number of rotatable bonds is 5. The Morgan fingerprint density at radius 1 is 1.08 bits per heavy atom. The lowest BCUT2D eigenvalue weighted by Gasteiger charge is -2.15. The van der Waals surface area contributed by atoms with Gasteiger partial charge in [-0.05, 0) is 43.5 Å². The lowest BCUT2D eigenvalue weighted by Crippen LogP contribution is -2.11. The molecule has 1 aromatic heterocycles. The molecule has 0 saturated carbocycles. The van der Waals surface area contributed by atoms with Gasteiger partial charge in [0, 0.05) is 0 Å². The zero-order chi connectivity index (χ0) is 17.8. The second-order valence-corrected chi connectivity index (χ2v) is 6.41. The smallest absolute Gasteiger partial charge is 0.245 e. The summed E-state index contributed by atoms with van der Waals surface area (Å²) >= 11 is 6.35. The highest BCUT2D eigenvalue weighted by atomic mass is 35.5. The number of halogens is 1. The topological polar surface area (TPSA) is 62.7 Å². The fourth-order valence-electron chi connectivity index (χ4n) is 2.65. The van der Waals surface area contributed by atoms with Gasteiger partial charge in [-0.1, -0.05) is 48.0 Å². The Morgan fingerprint density at radius 3 is 2.56 bits per heavy atom. The van der Waals surface area contributed by atoms with Gasteiger partial charge in [-0.3, -0.25) is 0 Å². The average Bonchev–Trinajstić information content (AvgIpc) is 2.59. The summed E-state index contributed by atoms with van der Waals surface area (Å²) in [5, 5.41) is 15.2. The maximum Gasteiger partial charge on any atom is 0.245 e. The Bertz CT molecular complexity index is 844. The molecule has 6 heteroatoms. The van der Waals surface area contributed by atoms with Gasteiger partial charge in [-0.2, -0.15) is 10.1 Å². The predicted molar refractivity (Wildman–Crippen MR) is 103 cm³/mol. The molecule has 128 valence electrons. The van der Waals surface area contributed by atoms with Crippen LogP contribution in [0.5, 0.6) is 0 Å². The van der Waals surface area contributed by atoms with Crippen LogP contribution in [0.3, 0.4) is 0 Å². The third-order valence-electron chi connectivity index (χ3n) is 3.89. The Morgan fingerprint density at radius 2 is 1.84 bits per heavy atom. The molecule has 25 heavy (non-hydrogen) atoms. The first-order valence-electron chi connectivity index (χ1n) is 8.08. The van der Waals surface area contributed by atoms with E-state index in [1.807, 2.05) is 38.1 Å². The number of nitrogens with zero attached hydrogens (tertiary/aromatic N) is 3. The van der Waals surface area contributed by atoms with E-state index in [9.17, 15) is 0 Å². The zero-order valence-corrected chi connectivity index (χ0v) is 15.2. The summed E-state index contributed by atoms with van der Waals surface area (Å²) in [6.45, 7) is 6.08. The van der Waals surface area contributed by atoms with Crippen LogP contribution in [0.1, 0.15) is 29.7 Å². The van der Waals surface area contributed by atoms with Crippen molar-refractivity contribution in [3.05, 3.63) is 70.4 Å². The van der Waals surface area contributed by atoms with Gasteiger partial charge in [0.25, 0.3) is 0 Å². The molecular formula is C19H20ClN5. The minimum atomic E-state index is 0.0722. The number of anilines is 3. The normalized spacial score (nSPS) is 11.8. The van der Waals surface area contributed by atoms with E-state index in [1.165, 1.54) is 0 Å². The number of aromatic nitrogens is 3. The van der Waals surface area contributed by atoms with Crippen molar-refractivity contribution >= 4 is 29.1 Å². The minimum Gasteiger partial charge on any atom is -0.346 e. The second kappa shape index (κ2) is 7.49. The Labute approximate surface area is 152 Å². The third kappa shape index (κ3) is 4.25. The highest BCUT2D eigenvalue weighted by molar-refractivity contribution is 6.33. The van der Waals surface area contributed by atoms with E-state index in [-0.39, 0.29) is 6.04 Å². The molecule has 3 rings (SSSR count). The van der Waals surface area contributed by atoms with Crippen LogP contribution in [0.25, 0.3) is 0 Å². The van der Waals surface area contributed by atoms with E-state index in [0.29, 0.717) is 16.8 Å². The summed E-state index contributed by atoms with van der Waals surface area (Å²) in [4.78, 5) is 4.48. The first kappa shape index (κ1) is 17.2. The van der Waals surface area contributed by atoms with Gasteiger partial charge in [0.05, 0.1) is 22.9 Å². The molecule has 0 saturated heterocycles. The van der Waals surface area contributed by atoms with Crippen molar-refractivity contribution in [2.45, 2.75) is 26.8 Å². The van der Waals surface area contributed by atoms with Gasteiger partial charge in [0.2, 0.25) is 5.95 Å². The molecule has 0 radical (unpaired) electrons. The molecule has 5 nitrogen and oxygen atoms in total. The number of hydrogen-bond acceptors (Lipinski definition) is 5. The van der Waals surface area contributed by atoms with Crippen LogP contribution in [0.2, 0.25) is 5.02 Å². The van der Waals surface area contributed by atoms with Crippen molar-refractivity contribution in [3.63, 3.8) is 0 Å². The van der Waals surface area contributed by atoms with Crippen molar-refractivity contribution in [3.8, 4) is 0 Å². The molecule has 1 unspecified atom stereocenters. The summed E-state index contributed by atoms with van der Waals surface area (Å²) in [5.41, 5.74) is 4.15. The Balaban J connectivity index is 1.78. The van der Waals surface area contributed by atoms with Crippen LogP contribution in [-0.4, -0.2) is 15.2 Å². The predicted octanol–water partition coefficient (Wildman–Crippen LogP) is 5.06. The number of benzene rings is 2. The first-order valence-corrected chi connectivity index (χ1v) is 8.45. The van der Waals surface area contributed by atoms with Gasteiger partial charge in [0.1, 0.15) is 0 Å². The van der Waals surface area contributed by atoms with Crippen LogP contribution < -0.4 is 10.6 Å². The number of hydrogen-bond donors (Lipinski definition) is 2. The standard InChI is InChI=1S/C19H20ClN5/c1-12-9-13(2)18(16(20)10-12)23-17-11-21-25-19(24-17)22-14(3)15-7-5-4-6-8-15/h4-11,14H,1-3H3,(H2,22,23,24,25). The maximum atomic E-state index is 6.35. The van der Waals surface area contributed by atoms with Crippen molar-refractivity contribution in [2.75, 3.05) is 10.6 Å². The summed E-state index contributed by atoms with van der Waals surface area (Å²) in [5.74, 6) is 1.05. The molecule has 1 atom stereocenters. The van der Waals surface area contributed by atoms with Gasteiger partial charge >= 0.3 is 0 Å². The van der Waals surface area contributed by atoms with Crippen molar-refractivity contribution in [1.82, 2.24) is 15.2 Å². The van der Waals surface area contributed by atoms with Crippen LogP contribution in [-0.2, 0) is 0 Å². The Hall–Kier alpha value is -2.66. The third-order valence-corrected chi connectivity index (χ3v) is 4.19. The molecule has 0 amide bonds. The molecule has 1 heterocycles. The van der Waals surface area contributed by atoms with E-state index < -0.39 is 0 Å². The number of nitrogens with one attached hydrogen (secondary N) is 2. The zero-order valence-electron chi connectivity index (χ0n) is 14.4. The molecule has 3 aromatic rings. The molecular weight excluding hydrogens is 334 g/mol. The summed E-state index contributed by atoms with van der Waals surface area (Å²) in [6.07, 6.45) is 1.58. The highest BCUT2D eigenvalue weighted by Gasteiger charge is 2.10. The summed E-state index contributed by atoms with van der Waals surface area (Å²) < 4.78 is 0. The lowest BCUT2D eigenvalue weighted by molar-refractivity contribution is 0.841. The Kier molecular flexibility index (Phi) is 5.14. The van der Waals surface area contributed by atoms with E-state index in [4.69, 9.17) is 11.6 Å². The van der Waals surface area contributed by atoms with Crippen molar-refractivity contribution < 1.29 is 0 Å². The van der Waals surface area contributed by atoms with Gasteiger partial charge in [0.15, 0.2) is 5.82 Å². The van der Waals surface area contributed by atoms with E-state index in [2.05, 4.69) is 50.9 Å². The quantitative estimate of drug-likeness (QED) is 0.671. The van der Waals surface area contributed by atoms with Crippen LogP contribution in [0.15, 0.2) is 48.7 Å².